The maximum Gasteiger partial charge on any atom is 0.260 e. The van der Waals surface area contributed by atoms with E-state index in [-0.39, 0.29) is 16.2 Å². The molecule has 5 nitrogen and oxygen atoms in total. The molecule has 1 aromatic carbocycles. The van der Waals surface area contributed by atoms with Gasteiger partial charge in [0.25, 0.3) is 5.91 Å². The summed E-state index contributed by atoms with van der Waals surface area (Å²) in [5.74, 6) is 0.0115. The summed E-state index contributed by atoms with van der Waals surface area (Å²) >= 11 is 0. The first-order valence-electron chi connectivity index (χ1n) is 6.48. The third kappa shape index (κ3) is 3.11. The van der Waals surface area contributed by atoms with Crippen LogP contribution in [-0.2, 0) is 9.84 Å². The molecule has 1 aromatic heterocycles. The molecule has 0 saturated heterocycles. The van der Waals surface area contributed by atoms with E-state index in [1.165, 1.54) is 17.0 Å². The number of carbonyl (C=O) groups is 1. The van der Waals surface area contributed by atoms with Crippen LogP contribution in [0.15, 0.2) is 53.6 Å². The van der Waals surface area contributed by atoms with Crippen LogP contribution < -0.4 is 4.90 Å². The first kappa shape index (κ1) is 15.2. The minimum atomic E-state index is -3.46. The Morgan fingerprint density at radius 2 is 1.81 bits per heavy atom. The third-order valence-electron chi connectivity index (χ3n) is 3.13. The van der Waals surface area contributed by atoms with Crippen LogP contribution in [0.4, 0.5) is 5.82 Å². The van der Waals surface area contributed by atoms with Crippen LogP contribution in [0.5, 0.6) is 0 Å². The van der Waals surface area contributed by atoms with Crippen LogP contribution in [0.25, 0.3) is 0 Å². The van der Waals surface area contributed by atoms with E-state index in [1.807, 2.05) is 0 Å². The van der Waals surface area contributed by atoms with Gasteiger partial charge in [0, 0.05) is 13.2 Å². The van der Waals surface area contributed by atoms with Gasteiger partial charge in [-0.15, -0.1) is 0 Å². The second-order valence-electron chi connectivity index (χ2n) is 4.45. The van der Waals surface area contributed by atoms with Gasteiger partial charge < -0.3 is 0 Å². The highest BCUT2D eigenvalue weighted by molar-refractivity contribution is 7.91. The fourth-order valence-corrected chi connectivity index (χ4v) is 2.99. The predicted octanol–water partition coefficient (Wildman–Crippen LogP) is 2.15. The van der Waals surface area contributed by atoms with Gasteiger partial charge in [0.15, 0.2) is 9.84 Å². The topological polar surface area (TPSA) is 67.3 Å². The van der Waals surface area contributed by atoms with Crippen molar-refractivity contribution in [1.29, 1.82) is 0 Å². The Hall–Kier alpha value is -2.21. The molecule has 1 heterocycles. The lowest BCUT2D eigenvalue weighted by Crippen LogP contribution is -2.28. The Bertz CT molecular complexity index is 743. The lowest BCUT2D eigenvalue weighted by atomic mass is 10.2. The number of pyridine rings is 1. The molecular formula is C15H16N2O3S. The van der Waals surface area contributed by atoms with Crippen molar-refractivity contribution in [3.63, 3.8) is 0 Å². The summed E-state index contributed by atoms with van der Waals surface area (Å²) in [7, 11) is -1.89. The Labute approximate surface area is 124 Å². The van der Waals surface area contributed by atoms with Crippen molar-refractivity contribution in [3.8, 4) is 0 Å². The smallest absolute Gasteiger partial charge is 0.260 e. The van der Waals surface area contributed by atoms with Crippen LogP contribution in [0.2, 0.25) is 0 Å². The number of anilines is 1. The van der Waals surface area contributed by atoms with Crippen LogP contribution in [0, 0.1) is 0 Å². The average molecular weight is 304 g/mol. The second kappa shape index (κ2) is 6.05. The maximum atomic E-state index is 12.6. The minimum absolute atomic E-state index is 0.0510. The molecule has 21 heavy (non-hydrogen) atoms. The molecule has 1 amide bonds. The van der Waals surface area contributed by atoms with E-state index in [2.05, 4.69) is 4.98 Å². The van der Waals surface area contributed by atoms with Gasteiger partial charge in [-0.25, -0.2) is 13.4 Å². The number of aromatic nitrogens is 1. The predicted molar refractivity (Wildman–Crippen MR) is 81.1 cm³/mol. The lowest BCUT2D eigenvalue weighted by molar-refractivity contribution is 0.0989. The number of rotatable bonds is 4. The number of hydrogen-bond acceptors (Lipinski definition) is 4. The molecular weight excluding hydrogens is 288 g/mol. The zero-order chi connectivity index (χ0) is 15.5. The molecule has 2 aromatic rings. The number of nitrogens with zero attached hydrogens (tertiary/aromatic N) is 2. The van der Waals surface area contributed by atoms with Crippen molar-refractivity contribution in [2.24, 2.45) is 0 Å². The summed E-state index contributed by atoms with van der Waals surface area (Å²) in [6, 6.07) is 11.4. The van der Waals surface area contributed by atoms with Crippen molar-refractivity contribution in [2.45, 2.75) is 11.8 Å². The molecule has 0 atom stereocenters. The number of hydrogen-bond donors (Lipinski definition) is 0. The summed E-state index contributed by atoms with van der Waals surface area (Å²) in [6.45, 7) is 1.55. The molecule has 0 spiro atoms. The molecule has 0 aliphatic rings. The molecule has 0 aliphatic carbocycles. The maximum absolute atomic E-state index is 12.6. The molecule has 110 valence electrons. The van der Waals surface area contributed by atoms with Gasteiger partial charge in [0.2, 0.25) is 0 Å². The first-order chi connectivity index (χ1) is 9.97. The first-order valence-corrected chi connectivity index (χ1v) is 8.13. The van der Waals surface area contributed by atoms with Crippen molar-refractivity contribution in [1.82, 2.24) is 4.98 Å². The zero-order valence-corrected chi connectivity index (χ0v) is 12.7. The Kier molecular flexibility index (Phi) is 4.37. The number of amides is 1. The summed E-state index contributed by atoms with van der Waals surface area (Å²) in [5, 5.41) is 0. The molecule has 0 fully saturated rings. The summed E-state index contributed by atoms with van der Waals surface area (Å²) in [6.07, 6.45) is 1.58. The van der Waals surface area contributed by atoms with Gasteiger partial charge in [-0.05, 0) is 24.3 Å². The molecule has 0 bridgehead atoms. The van der Waals surface area contributed by atoms with E-state index in [9.17, 15) is 13.2 Å². The number of benzene rings is 1. The van der Waals surface area contributed by atoms with E-state index in [1.54, 1.807) is 50.5 Å². The number of sulfone groups is 1. The van der Waals surface area contributed by atoms with Crippen molar-refractivity contribution in [3.05, 3.63) is 54.2 Å². The van der Waals surface area contributed by atoms with Gasteiger partial charge in [0.1, 0.15) is 5.82 Å². The molecule has 6 heteroatoms. The fourth-order valence-electron chi connectivity index (χ4n) is 1.91. The van der Waals surface area contributed by atoms with Gasteiger partial charge >= 0.3 is 0 Å². The van der Waals surface area contributed by atoms with E-state index in [0.29, 0.717) is 5.82 Å². The standard InChI is InChI=1S/C15H16N2O3S/c1-3-21(19,20)13-9-5-4-8-12(13)15(18)17(2)14-10-6-7-11-16-14/h4-11H,3H2,1-2H3. The molecule has 0 radical (unpaired) electrons. The van der Waals surface area contributed by atoms with Gasteiger partial charge in [0.05, 0.1) is 16.2 Å². The van der Waals surface area contributed by atoms with Crippen LogP contribution in [0.1, 0.15) is 17.3 Å². The minimum Gasteiger partial charge on any atom is -0.296 e. The van der Waals surface area contributed by atoms with E-state index in [0.717, 1.165) is 0 Å². The van der Waals surface area contributed by atoms with Crippen molar-refractivity contribution in [2.75, 3.05) is 17.7 Å². The number of carbonyl (C=O) groups excluding carboxylic acids is 1. The SMILES string of the molecule is CCS(=O)(=O)c1ccccc1C(=O)N(C)c1ccccn1. The third-order valence-corrected chi connectivity index (χ3v) is 4.92. The second-order valence-corrected chi connectivity index (χ2v) is 6.70. The normalized spacial score (nSPS) is 11.1. The fraction of sp³-hybridized carbons (Fsp3) is 0.200. The van der Waals surface area contributed by atoms with Crippen LogP contribution in [0.3, 0.4) is 0 Å². The molecule has 2 rings (SSSR count). The molecule has 0 N–H and O–H groups in total. The van der Waals surface area contributed by atoms with Crippen molar-refractivity contribution < 1.29 is 13.2 Å². The highest BCUT2D eigenvalue weighted by Gasteiger charge is 2.23. The van der Waals surface area contributed by atoms with Crippen molar-refractivity contribution >= 4 is 21.6 Å². The zero-order valence-electron chi connectivity index (χ0n) is 11.9. The van der Waals surface area contributed by atoms with Crippen LogP contribution >= 0.6 is 0 Å². The average Bonchev–Trinajstić information content (AvgIpc) is 2.54. The Morgan fingerprint density at radius 3 is 2.43 bits per heavy atom. The monoisotopic (exact) mass is 304 g/mol. The summed E-state index contributed by atoms with van der Waals surface area (Å²) in [5.41, 5.74) is 0.160. The van der Waals surface area contributed by atoms with Crippen LogP contribution in [-0.4, -0.2) is 32.1 Å². The lowest BCUT2D eigenvalue weighted by Gasteiger charge is -2.17. The highest BCUT2D eigenvalue weighted by Crippen LogP contribution is 2.20. The summed E-state index contributed by atoms with van der Waals surface area (Å²) < 4.78 is 24.2. The largest absolute Gasteiger partial charge is 0.296 e. The molecule has 0 saturated carbocycles. The summed E-state index contributed by atoms with van der Waals surface area (Å²) in [4.78, 5) is 18.0. The quantitative estimate of drug-likeness (QED) is 0.868. The van der Waals surface area contributed by atoms with E-state index in [4.69, 9.17) is 0 Å². The Balaban J connectivity index is 2.46. The van der Waals surface area contributed by atoms with Gasteiger partial charge in [-0.1, -0.05) is 25.1 Å². The highest BCUT2D eigenvalue weighted by atomic mass is 32.2. The Morgan fingerprint density at radius 1 is 1.14 bits per heavy atom. The molecule has 0 aliphatic heterocycles. The van der Waals surface area contributed by atoms with Gasteiger partial charge in [-0.3, -0.25) is 9.69 Å². The molecule has 0 unspecified atom stereocenters. The van der Waals surface area contributed by atoms with E-state index >= 15 is 0 Å². The van der Waals surface area contributed by atoms with Gasteiger partial charge in [-0.2, -0.15) is 0 Å². The van der Waals surface area contributed by atoms with E-state index < -0.39 is 15.7 Å².